The van der Waals surface area contributed by atoms with Gasteiger partial charge in [-0.3, -0.25) is 4.98 Å². The summed E-state index contributed by atoms with van der Waals surface area (Å²) < 4.78 is 11.9. The van der Waals surface area contributed by atoms with Gasteiger partial charge in [-0.25, -0.2) is 0 Å². The molecule has 4 nitrogen and oxygen atoms in total. The molecule has 102 valence electrons. The SMILES string of the molecule is COCC(CNCC(C)C)Oc1cncc(Br)c1. The van der Waals surface area contributed by atoms with Gasteiger partial charge in [0.25, 0.3) is 0 Å². The van der Waals surface area contributed by atoms with Crippen molar-refractivity contribution in [3.05, 3.63) is 22.9 Å². The summed E-state index contributed by atoms with van der Waals surface area (Å²) in [6, 6.07) is 1.90. The Morgan fingerprint density at radius 1 is 1.33 bits per heavy atom. The Labute approximate surface area is 117 Å². The summed E-state index contributed by atoms with van der Waals surface area (Å²) in [6.45, 7) is 6.64. The summed E-state index contributed by atoms with van der Waals surface area (Å²) >= 11 is 3.37. The fourth-order valence-corrected chi connectivity index (χ4v) is 1.85. The predicted molar refractivity (Wildman–Crippen MR) is 75.9 cm³/mol. The molecule has 0 fully saturated rings. The van der Waals surface area contributed by atoms with E-state index in [1.165, 1.54) is 0 Å². The molecule has 0 saturated carbocycles. The van der Waals surface area contributed by atoms with Crippen molar-refractivity contribution in [3.63, 3.8) is 0 Å². The highest BCUT2D eigenvalue weighted by Crippen LogP contribution is 2.17. The van der Waals surface area contributed by atoms with Crippen molar-refractivity contribution in [1.29, 1.82) is 0 Å². The average molecular weight is 317 g/mol. The highest BCUT2D eigenvalue weighted by molar-refractivity contribution is 9.10. The quantitative estimate of drug-likeness (QED) is 0.800. The maximum atomic E-state index is 5.84. The molecule has 1 aromatic rings. The second-order valence-electron chi connectivity index (χ2n) is 4.59. The lowest BCUT2D eigenvalue weighted by atomic mass is 10.2. The molecule has 1 unspecified atom stereocenters. The minimum atomic E-state index is -0.00940. The van der Waals surface area contributed by atoms with E-state index in [-0.39, 0.29) is 6.10 Å². The van der Waals surface area contributed by atoms with Crippen molar-refractivity contribution in [2.75, 3.05) is 26.8 Å². The first-order chi connectivity index (χ1) is 8.61. The number of hydrogen-bond acceptors (Lipinski definition) is 4. The number of rotatable bonds is 8. The van der Waals surface area contributed by atoms with Crippen molar-refractivity contribution < 1.29 is 9.47 Å². The molecule has 0 aliphatic rings. The monoisotopic (exact) mass is 316 g/mol. The number of pyridine rings is 1. The zero-order chi connectivity index (χ0) is 13.4. The Morgan fingerprint density at radius 3 is 2.72 bits per heavy atom. The highest BCUT2D eigenvalue weighted by atomic mass is 79.9. The minimum Gasteiger partial charge on any atom is -0.485 e. The fraction of sp³-hybridized carbons (Fsp3) is 0.615. The number of aromatic nitrogens is 1. The molecule has 0 spiro atoms. The molecule has 1 N–H and O–H groups in total. The van der Waals surface area contributed by atoms with E-state index in [1.807, 2.05) is 6.07 Å². The van der Waals surface area contributed by atoms with E-state index in [2.05, 4.69) is 40.1 Å². The molecule has 18 heavy (non-hydrogen) atoms. The van der Waals surface area contributed by atoms with Gasteiger partial charge in [-0.05, 0) is 34.5 Å². The van der Waals surface area contributed by atoms with E-state index in [0.717, 1.165) is 23.3 Å². The normalized spacial score (nSPS) is 12.7. The zero-order valence-electron chi connectivity index (χ0n) is 11.1. The predicted octanol–water partition coefficient (Wildman–Crippen LogP) is 2.48. The van der Waals surface area contributed by atoms with E-state index in [0.29, 0.717) is 12.5 Å². The molecule has 1 rings (SSSR count). The second kappa shape index (κ2) is 8.45. The molecular formula is C13H21BrN2O2. The lowest BCUT2D eigenvalue weighted by Gasteiger charge is -2.19. The van der Waals surface area contributed by atoms with E-state index in [1.54, 1.807) is 19.5 Å². The summed E-state index contributed by atoms with van der Waals surface area (Å²) in [5.74, 6) is 1.37. The molecule has 0 aromatic carbocycles. The van der Waals surface area contributed by atoms with Crippen LogP contribution in [0.5, 0.6) is 5.75 Å². The van der Waals surface area contributed by atoms with Crippen molar-refractivity contribution in [3.8, 4) is 5.75 Å². The van der Waals surface area contributed by atoms with E-state index in [4.69, 9.17) is 9.47 Å². The molecule has 0 aliphatic carbocycles. The van der Waals surface area contributed by atoms with Crippen molar-refractivity contribution in [1.82, 2.24) is 10.3 Å². The van der Waals surface area contributed by atoms with Gasteiger partial charge in [0.05, 0.1) is 12.8 Å². The molecule has 0 aliphatic heterocycles. The molecule has 1 atom stereocenters. The third kappa shape index (κ3) is 6.33. The van der Waals surface area contributed by atoms with Gasteiger partial charge >= 0.3 is 0 Å². The molecule has 0 bridgehead atoms. The van der Waals surface area contributed by atoms with Gasteiger partial charge in [0.1, 0.15) is 11.9 Å². The second-order valence-corrected chi connectivity index (χ2v) is 5.50. The smallest absolute Gasteiger partial charge is 0.139 e. The fourth-order valence-electron chi connectivity index (χ4n) is 1.50. The Bertz CT molecular complexity index is 348. The summed E-state index contributed by atoms with van der Waals surface area (Å²) in [6.07, 6.45) is 3.43. The Hall–Kier alpha value is -0.650. The number of methoxy groups -OCH3 is 1. The first-order valence-corrected chi connectivity index (χ1v) is 6.88. The van der Waals surface area contributed by atoms with Crippen molar-refractivity contribution in [2.45, 2.75) is 20.0 Å². The van der Waals surface area contributed by atoms with Gasteiger partial charge in [-0.15, -0.1) is 0 Å². The number of nitrogens with one attached hydrogen (secondary N) is 1. The molecule has 5 heteroatoms. The van der Waals surface area contributed by atoms with Crippen molar-refractivity contribution in [2.24, 2.45) is 5.92 Å². The van der Waals surface area contributed by atoms with Crippen LogP contribution < -0.4 is 10.1 Å². The number of nitrogens with zero attached hydrogens (tertiary/aromatic N) is 1. The lowest BCUT2D eigenvalue weighted by Crippen LogP contribution is -2.36. The molecular weight excluding hydrogens is 296 g/mol. The van der Waals surface area contributed by atoms with E-state index in [9.17, 15) is 0 Å². The first-order valence-electron chi connectivity index (χ1n) is 6.08. The minimum absolute atomic E-state index is 0.00940. The Balaban J connectivity index is 2.46. The molecule has 0 radical (unpaired) electrons. The van der Waals surface area contributed by atoms with E-state index < -0.39 is 0 Å². The Kier molecular flexibility index (Phi) is 7.23. The summed E-state index contributed by atoms with van der Waals surface area (Å²) in [5, 5.41) is 3.37. The first kappa shape index (κ1) is 15.4. The van der Waals surface area contributed by atoms with Crippen LogP contribution in [0.15, 0.2) is 22.9 Å². The standard InChI is InChI=1S/C13H21BrN2O2/c1-10(2)5-15-8-13(9-17-3)18-12-4-11(14)6-16-7-12/h4,6-7,10,13,15H,5,8-9H2,1-3H3. The van der Waals surface area contributed by atoms with Gasteiger partial charge in [0.2, 0.25) is 0 Å². The van der Waals surface area contributed by atoms with Crippen LogP contribution in [0.1, 0.15) is 13.8 Å². The lowest BCUT2D eigenvalue weighted by molar-refractivity contribution is 0.0799. The summed E-state index contributed by atoms with van der Waals surface area (Å²) in [7, 11) is 1.68. The Morgan fingerprint density at radius 2 is 2.11 bits per heavy atom. The van der Waals surface area contributed by atoms with Crippen LogP contribution in [-0.4, -0.2) is 37.9 Å². The number of hydrogen-bond donors (Lipinski definition) is 1. The maximum absolute atomic E-state index is 5.84. The van der Waals surface area contributed by atoms with Crippen LogP contribution in [0.25, 0.3) is 0 Å². The average Bonchev–Trinajstić information content (AvgIpc) is 2.28. The van der Waals surface area contributed by atoms with Crippen LogP contribution >= 0.6 is 15.9 Å². The third-order valence-corrected chi connectivity index (χ3v) is 2.69. The van der Waals surface area contributed by atoms with Gasteiger partial charge in [-0.2, -0.15) is 0 Å². The van der Waals surface area contributed by atoms with Gasteiger partial charge < -0.3 is 14.8 Å². The van der Waals surface area contributed by atoms with Crippen LogP contribution in [0.3, 0.4) is 0 Å². The molecule has 0 amide bonds. The van der Waals surface area contributed by atoms with Gasteiger partial charge in [0.15, 0.2) is 0 Å². The van der Waals surface area contributed by atoms with Crippen LogP contribution in [0.2, 0.25) is 0 Å². The zero-order valence-corrected chi connectivity index (χ0v) is 12.7. The molecule has 1 heterocycles. The van der Waals surface area contributed by atoms with Gasteiger partial charge in [0, 0.05) is 24.3 Å². The van der Waals surface area contributed by atoms with Crippen LogP contribution in [0.4, 0.5) is 0 Å². The maximum Gasteiger partial charge on any atom is 0.139 e. The molecule has 0 saturated heterocycles. The van der Waals surface area contributed by atoms with Crippen LogP contribution in [-0.2, 0) is 4.74 Å². The number of halogens is 1. The van der Waals surface area contributed by atoms with Gasteiger partial charge in [-0.1, -0.05) is 13.8 Å². The third-order valence-electron chi connectivity index (χ3n) is 2.26. The summed E-state index contributed by atoms with van der Waals surface area (Å²) in [4.78, 5) is 4.07. The number of ether oxygens (including phenoxy) is 2. The molecule has 1 aromatic heterocycles. The largest absolute Gasteiger partial charge is 0.485 e. The van der Waals surface area contributed by atoms with E-state index >= 15 is 0 Å². The topological polar surface area (TPSA) is 43.4 Å². The highest BCUT2D eigenvalue weighted by Gasteiger charge is 2.10. The summed E-state index contributed by atoms with van der Waals surface area (Å²) in [5.41, 5.74) is 0. The van der Waals surface area contributed by atoms with Crippen LogP contribution in [0, 0.1) is 5.92 Å². The van der Waals surface area contributed by atoms with Crippen molar-refractivity contribution >= 4 is 15.9 Å².